The van der Waals surface area contributed by atoms with Crippen LogP contribution >= 0.6 is 11.8 Å². The number of hydrogen-bond acceptors (Lipinski definition) is 3. The van der Waals surface area contributed by atoms with Gasteiger partial charge < -0.3 is 10.2 Å². The second-order valence-electron chi connectivity index (χ2n) is 2.72. The molecule has 0 saturated carbocycles. The Morgan fingerprint density at radius 3 is 2.64 bits per heavy atom. The van der Waals surface area contributed by atoms with Crippen LogP contribution in [0.25, 0.3) is 0 Å². The van der Waals surface area contributed by atoms with Crippen LogP contribution in [0.4, 0.5) is 0 Å². The van der Waals surface area contributed by atoms with Gasteiger partial charge in [-0.15, -0.1) is 0 Å². The van der Waals surface area contributed by atoms with Gasteiger partial charge in [-0.1, -0.05) is 0 Å². The normalized spacial score (nSPS) is 32.5. The summed E-state index contributed by atoms with van der Waals surface area (Å²) in [5.74, 6) is -0.912. The molecule has 1 aliphatic heterocycles. The average molecular weight is 180 g/mol. The molecule has 0 aromatic carbocycles. The van der Waals surface area contributed by atoms with Gasteiger partial charge in [-0.25, -0.2) is 4.42 Å². The molecule has 1 saturated heterocycles. The Morgan fingerprint density at radius 2 is 2.36 bits per heavy atom. The lowest BCUT2D eigenvalue weighted by Gasteiger charge is -2.09. The molecule has 11 heavy (non-hydrogen) atoms. The van der Waals surface area contributed by atoms with E-state index in [0.717, 1.165) is 0 Å². The molecule has 1 aliphatic rings. The van der Waals surface area contributed by atoms with Crippen molar-refractivity contribution < 1.29 is 15.0 Å². The SMILES string of the molecule is O=C(O)[C@@H]1CC(CO)CN1Cl. The molecule has 5 heteroatoms. The van der Waals surface area contributed by atoms with Crippen LogP contribution in [0.2, 0.25) is 0 Å². The van der Waals surface area contributed by atoms with Gasteiger partial charge >= 0.3 is 5.97 Å². The van der Waals surface area contributed by atoms with Crippen molar-refractivity contribution in [2.45, 2.75) is 12.5 Å². The van der Waals surface area contributed by atoms with Crippen molar-refractivity contribution in [3.63, 3.8) is 0 Å². The molecule has 64 valence electrons. The van der Waals surface area contributed by atoms with Crippen molar-refractivity contribution in [1.82, 2.24) is 4.42 Å². The van der Waals surface area contributed by atoms with Crippen molar-refractivity contribution >= 4 is 17.7 Å². The Hall–Kier alpha value is -0.320. The molecule has 1 unspecified atom stereocenters. The summed E-state index contributed by atoms with van der Waals surface area (Å²) in [5.41, 5.74) is 0. The van der Waals surface area contributed by atoms with Crippen LogP contribution < -0.4 is 0 Å². The molecule has 2 atom stereocenters. The van der Waals surface area contributed by atoms with E-state index in [1.54, 1.807) is 0 Å². The van der Waals surface area contributed by atoms with Crippen molar-refractivity contribution in [3.05, 3.63) is 0 Å². The maximum Gasteiger partial charge on any atom is 0.322 e. The van der Waals surface area contributed by atoms with Gasteiger partial charge in [0.15, 0.2) is 0 Å². The number of aliphatic hydroxyl groups excluding tert-OH is 1. The van der Waals surface area contributed by atoms with Gasteiger partial charge in [0.05, 0.1) is 0 Å². The fraction of sp³-hybridized carbons (Fsp3) is 0.833. The van der Waals surface area contributed by atoms with Crippen molar-refractivity contribution in [2.75, 3.05) is 13.2 Å². The molecule has 1 rings (SSSR count). The molecular formula is C6H10ClNO3. The molecule has 0 amide bonds. The number of carbonyl (C=O) groups is 1. The van der Waals surface area contributed by atoms with Crippen LogP contribution in [0.3, 0.4) is 0 Å². The molecular weight excluding hydrogens is 170 g/mol. The zero-order chi connectivity index (χ0) is 8.43. The van der Waals surface area contributed by atoms with Crippen LogP contribution in [0, 0.1) is 5.92 Å². The number of carboxylic acids is 1. The van der Waals surface area contributed by atoms with Gasteiger partial charge in [0.2, 0.25) is 0 Å². The Morgan fingerprint density at radius 1 is 1.73 bits per heavy atom. The third-order valence-corrected chi connectivity index (χ3v) is 2.24. The number of halogens is 1. The van der Waals surface area contributed by atoms with E-state index in [9.17, 15) is 4.79 Å². The largest absolute Gasteiger partial charge is 0.480 e. The average Bonchev–Trinajstić information content (AvgIpc) is 2.30. The summed E-state index contributed by atoms with van der Waals surface area (Å²) in [6.07, 6.45) is 0.440. The summed E-state index contributed by atoms with van der Waals surface area (Å²) in [7, 11) is 0. The Labute approximate surface area is 69.5 Å². The minimum Gasteiger partial charge on any atom is -0.480 e. The van der Waals surface area contributed by atoms with Gasteiger partial charge in [-0.05, 0) is 24.1 Å². The molecule has 1 fully saturated rings. The molecule has 2 N–H and O–H groups in total. The first-order valence-electron chi connectivity index (χ1n) is 3.41. The highest BCUT2D eigenvalue weighted by molar-refractivity contribution is 6.15. The highest BCUT2D eigenvalue weighted by atomic mass is 35.5. The van der Waals surface area contributed by atoms with E-state index in [1.165, 1.54) is 4.42 Å². The Bertz CT molecular complexity index is 164. The summed E-state index contributed by atoms with van der Waals surface area (Å²) < 4.78 is 1.24. The number of nitrogens with zero attached hydrogens (tertiary/aromatic N) is 1. The summed E-state index contributed by atoms with van der Waals surface area (Å²) in [6, 6.07) is -0.631. The predicted octanol–water partition coefficient (Wildman–Crippen LogP) is -0.0924. The van der Waals surface area contributed by atoms with Gasteiger partial charge in [0.1, 0.15) is 6.04 Å². The van der Waals surface area contributed by atoms with E-state index in [0.29, 0.717) is 13.0 Å². The number of carboxylic acid groups (broad SMARTS) is 1. The Kier molecular flexibility index (Phi) is 2.70. The third-order valence-electron chi connectivity index (χ3n) is 1.87. The first kappa shape index (κ1) is 8.77. The second kappa shape index (κ2) is 3.38. The smallest absolute Gasteiger partial charge is 0.322 e. The first-order valence-corrected chi connectivity index (χ1v) is 3.75. The second-order valence-corrected chi connectivity index (χ2v) is 3.15. The maximum absolute atomic E-state index is 10.5. The zero-order valence-corrected chi connectivity index (χ0v) is 6.66. The number of rotatable bonds is 2. The minimum atomic E-state index is -0.920. The molecule has 0 spiro atoms. The van der Waals surface area contributed by atoms with Crippen molar-refractivity contribution in [2.24, 2.45) is 5.92 Å². The third kappa shape index (κ3) is 1.83. The number of aliphatic hydroxyl groups is 1. The monoisotopic (exact) mass is 179 g/mol. The lowest BCUT2D eigenvalue weighted by atomic mass is 10.1. The van der Waals surface area contributed by atoms with E-state index < -0.39 is 12.0 Å². The van der Waals surface area contributed by atoms with Crippen LogP contribution in [0.15, 0.2) is 0 Å². The van der Waals surface area contributed by atoms with Crippen LogP contribution in [-0.2, 0) is 4.79 Å². The zero-order valence-electron chi connectivity index (χ0n) is 5.90. The Balaban J connectivity index is 2.51. The topological polar surface area (TPSA) is 60.8 Å². The fourth-order valence-corrected chi connectivity index (χ4v) is 1.59. The number of aliphatic carboxylic acids is 1. The van der Waals surface area contributed by atoms with Crippen LogP contribution in [0.1, 0.15) is 6.42 Å². The van der Waals surface area contributed by atoms with Crippen LogP contribution in [-0.4, -0.2) is 39.8 Å². The van der Waals surface area contributed by atoms with Crippen molar-refractivity contribution in [3.8, 4) is 0 Å². The molecule has 1 heterocycles. The van der Waals surface area contributed by atoms with Gasteiger partial charge in [0, 0.05) is 13.2 Å². The van der Waals surface area contributed by atoms with E-state index in [2.05, 4.69) is 0 Å². The molecule has 4 nitrogen and oxygen atoms in total. The summed E-state index contributed by atoms with van der Waals surface area (Å²) in [4.78, 5) is 10.5. The van der Waals surface area contributed by atoms with E-state index in [1.807, 2.05) is 0 Å². The summed E-state index contributed by atoms with van der Waals surface area (Å²) in [5, 5.41) is 17.3. The summed E-state index contributed by atoms with van der Waals surface area (Å²) in [6.45, 7) is 0.460. The maximum atomic E-state index is 10.5. The molecule has 0 aromatic rings. The van der Waals surface area contributed by atoms with Gasteiger partial charge in [-0.3, -0.25) is 4.79 Å². The minimum absolute atomic E-state index is 0.00694. The standard InChI is InChI=1S/C6H10ClNO3/c7-8-2-4(3-9)1-5(8)6(10)11/h4-5,9H,1-3H2,(H,10,11)/t4?,5-/m0/s1. The molecule has 0 bridgehead atoms. The fourth-order valence-electron chi connectivity index (χ4n) is 1.23. The van der Waals surface area contributed by atoms with E-state index >= 15 is 0 Å². The molecule has 0 radical (unpaired) electrons. The van der Waals surface area contributed by atoms with Gasteiger partial charge in [0.25, 0.3) is 0 Å². The highest BCUT2D eigenvalue weighted by Crippen LogP contribution is 2.24. The molecule has 0 aromatic heterocycles. The lowest BCUT2D eigenvalue weighted by molar-refractivity contribution is -0.140. The summed E-state index contributed by atoms with van der Waals surface area (Å²) >= 11 is 5.59. The van der Waals surface area contributed by atoms with E-state index in [4.69, 9.17) is 22.0 Å². The lowest BCUT2D eigenvalue weighted by Crippen LogP contribution is -2.28. The number of hydrogen-bond donors (Lipinski definition) is 2. The first-order chi connectivity index (χ1) is 5.15. The van der Waals surface area contributed by atoms with E-state index in [-0.39, 0.29) is 12.5 Å². The highest BCUT2D eigenvalue weighted by Gasteiger charge is 2.35. The van der Waals surface area contributed by atoms with Crippen molar-refractivity contribution in [1.29, 1.82) is 0 Å². The van der Waals surface area contributed by atoms with Gasteiger partial charge in [-0.2, -0.15) is 0 Å². The predicted molar refractivity (Wildman–Crippen MR) is 39.2 cm³/mol. The molecule has 0 aliphatic carbocycles. The quantitative estimate of drug-likeness (QED) is 0.582. The van der Waals surface area contributed by atoms with Crippen LogP contribution in [0.5, 0.6) is 0 Å².